The van der Waals surface area contributed by atoms with Crippen LogP contribution < -0.4 is 0 Å². The third kappa shape index (κ3) is 2.05. The standard InChI is InChI=1S/C15H18N2/c1-17-9-5-4-8-15(17)13-10-12-6-2-3-7-14(12)16-11-13/h2-3,6-7,10-11,15H,4-5,8-9H2,1H3. The Hall–Kier alpha value is -1.41. The van der Waals surface area contributed by atoms with Crippen molar-refractivity contribution in [2.24, 2.45) is 0 Å². The van der Waals surface area contributed by atoms with E-state index in [9.17, 15) is 0 Å². The average Bonchev–Trinajstić information content (AvgIpc) is 2.39. The van der Waals surface area contributed by atoms with Gasteiger partial charge in [-0.15, -0.1) is 0 Å². The van der Waals surface area contributed by atoms with E-state index in [1.165, 1.54) is 36.8 Å². The maximum Gasteiger partial charge on any atom is 0.0702 e. The van der Waals surface area contributed by atoms with Gasteiger partial charge in [-0.1, -0.05) is 24.6 Å². The van der Waals surface area contributed by atoms with E-state index in [1.807, 2.05) is 6.07 Å². The fraction of sp³-hybridized carbons (Fsp3) is 0.400. The fourth-order valence-corrected chi connectivity index (χ4v) is 2.77. The molecule has 2 nitrogen and oxygen atoms in total. The molecule has 1 saturated heterocycles. The molecule has 2 heterocycles. The Labute approximate surface area is 102 Å². The monoisotopic (exact) mass is 226 g/mol. The minimum atomic E-state index is 0.556. The van der Waals surface area contributed by atoms with Crippen LogP contribution in [0.25, 0.3) is 10.9 Å². The first kappa shape index (κ1) is 10.7. The number of aromatic nitrogens is 1. The van der Waals surface area contributed by atoms with Crippen LogP contribution in [0.3, 0.4) is 0 Å². The lowest BCUT2D eigenvalue weighted by Crippen LogP contribution is -2.29. The molecule has 1 aliphatic heterocycles. The number of benzene rings is 1. The molecule has 0 radical (unpaired) electrons. The highest BCUT2D eigenvalue weighted by molar-refractivity contribution is 5.78. The minimum absolute atomic E-state index is 0.556. The molecule has 1 aliphatic rings. The van der Waals surface area contributed by atoms with Crippen molar-refractivity contribution >= 4 is 10.9 Å². The van der Waals surface area contributed by atoms with E-state index < -0.39 is 0 Å². The largest absolute Gasteiger partial charge is 0.299 e. The first-order valence-corrected chi connectivity index (χ1v) is 6.39. The topological polar surface area (TPSA) is 16.1 Å². The lowest BCUT2D eigenvalue weighted by Gasteiger charge is -2.32. The number of para-hydroxylation sites is 1. The quantitative estimate of drug-likeness (QED) is 0.741. The molecule has 17 heavy (non-hydrogen) atoms. The summed E-state index contributed by atoms with van der Waals surface area (Å²) in [5, 5.41) is 1.25. The molecule has 0 saturated carbocycles. The van der Waals surface area contributed by atoms with Crippen molar-refractivity contribution in [1.82, 2.24) is 9.88 Å². The maximum atomic E-state index is 4.56. The predicted octanol–water partition coefficient (Wildman–Crippen LogP) is 3.39. The lowest BCUT2D eigenvalue weighted by atomic mass is 9.96. The Bertz CT molecular complexity index is 521. The van der Waals surface area contributed by atoms with Crippen molar-refractivity contribution in [2.45, 2.75) is 25.3 Å². The van der Waals surface area contributed by atoms with Gasteiger partial charge in [0, 0.05) is 17.6 Å². The molecule has 0 spiro atoms. The number of pyridine rings is 1. The van der Waals surface area contributed by atoms with E-state index in [4.69, 9.17) is 0 Å². The van der Waals surface area contributed by atoms with E-state index in [1.54, 1.807) is 0 Å². The van der Waals surface area contributed by atoms with Gasteiger partial charge >= 0.3 is 0 Å². The van der Waals surface area contributed by atoms with Gasteiger partial charge in [-0.05, 0) is 44.1 Å². The summed E-state index contributed by atoms with van der Waals surface area (Å²) < 4.78 is 0. The second-order valence-electron chi connectivity index (χ2n) is 4.95. The normalized spacial score (nSPS) is 21.8. The van der Waals surface area contributed by atoms with E-state index >= 15 is 0 Å². The molecular formula is C15H18N2. The van der Waals surface area contributed by atoms with Crippen LogP contribution in [0.5, 0.6) is 0 Å². The molecule has 2 aromatic rings. The molecule has 1 unspecified atom stereocenters. The summed E-state index contributed by atoms with van der Waals surface area (Å²) in [7, 11) is 2.22. The first-order valence-electron chi connectivity index (χ1n) is 6.39. The summed E-state index contributed by atoms with van der Waals surface area (Å²) in [5.74, 6) is 0. The summed E-state index contributed by atoms with van der Waals surface area (Å²) >= 11 is 0. The Balaban J connectivity index is 1.99. The van der Waals surface area contributed by atoms with Crippen LogP contribution >= 0.6 is 0 Å². The van der Waals surface area contributed by atoms with Gasteiger partial charge in [0.05, 0.1) is 5.52 Å². The van der Waals surface area contributed by atoms with Gasteiger partial charge in [0.25, 0.3) is 0 Å². The van der Waals surface area contributed by atoms with Gasteiger partial charge in [-0.3, -0.25) is 9.88 Å². The number of nitrogens with zero attached hydrogens (tertiary/aromatic N) is 2. The van der Waals surface area contributed by atoms with Crippen LogP contribution in [-0.2, 0) is 0 Å². The third-order valence-electron chi connectivity index (χ3n) is 3.77. The van der Waals surface area contributed by atoms with Gasteiger partial charge in [0.2, 0.25) is 0 Å². The van der Waals surface area contributed by atoms with Gasteiger partial charge in [-0.25, -0.2) is 0 Å². The smallest absolute Gasteiger partial charge is 0.0702 e. The van der Waals surface area contributed by atoms with E-state index in [0.29, 0.717) is 6.04 Å². The van der Waals surface area contributed by atoms with Gasteiger partial charge in [-0.2, -0.15) is 0 Å². The summed E-state index contributed by atoms with van der Waals surface area (Å²) in [6.07, 6.45) is 5.97. The molecule has 1 aromatic heterocycles. The Morgan fingerprint density at radius 1 is 1.24 bits per heavy atom. The molecule has 2 heteroatoms. The molecule has 3 rings (SSSR count). The summed E-state index contributed by atoms with van der Waals surface area (Å²) in [6, 6.07) is 11.2. The average molecular weight is 226 g/mol. The second kappa shape index (κ2) is 4.46. The molecule has 0 amide bonds. The molecule has 0 aliphatic carbocycles. The SMILES string of the molecule is CN1CCCCC1c1cnc2ccccc2c1. The zero-order chi connectivity index (χ0) is 11.7. The van der Waals surface area contributed by atoms with Crippen molar-refractivity contribution < 1.29 is 0 Å². The van der Waals surface area contributed by atoms with Gasteiger partial charge in [0.1, 0.15) is 0 Å². The van der Waals surface area contributed by atoms with Crippen molar-refractivity contribution in [3.63, 3.8) is 0 Å². The van der Waals surface area contributed by atoms with Crippen LogP contribution in [0.1, 0.15) is 30.9 Å². The van der Waals surface area contributed by atoms with Crippen LogP contribution in [0.15, 0.2) is 36.5 Å². The first-order chi connectivity index (χ1) is 8.34. The number of likely N-dealkylation sites (tertiary alicyclic amines) is 1. The van der Waals surface area contributed by atoms with Gasteiger partial charge < -0.3 is 0 Å². The van der Waals surface area contributed by atoms with Crippen molar-refractivity contribution in [1.29, 1.82) is 0 Å². The van der Waals surface area contributed by atoms with E-state index in [2.05, 4.69) is 47.4 Å². The number of hydrogen-bond donors (Lipinski definition) is 0. The lowest BCUT2D eigenvalue weighted by molar-refractivity contribution is 0.187. The number of hydrogen-bond acceptors (Lipinski definition) is 2. The fourth-order valence-electron chi connectivity index (χ4n) is 2.77. The van der Waals surface area contributed by atoms with Crippen molar-refractivity contribution in [2.75, 3.05) is 13.6 Å². The predicted molar refractivity (Wildman–Crippen MR) is 71.0 cm³/mol. The van der Waals surface area contributed by atoms with Crippen LogP contribution in [0.2, 0.25) is 0 Å². The van der Waals surface area contributed by atoms with E-state index in [0.717, 1.165) is 5.52 Å². The Morgan fingerprint density at radius 2 is 2.12 bits per heavy atom. The van der Waals surface area contributed by atoms with Crippen LogP contribution in [0.4, 0.5) is 0 Å². The van der Waals surface area contributed by atoms with Crippen molar-refractivity contribution in [3.8, 4) is 0 Å². The highest BCUT2D eigenvalue weighted by Gasteiger charge is 2.20. The third-order valence-corrected chi connectivity index (χ3v) is 3.77. The summed E-state index contributed by atoms with van der Waals surface area (Å²) in [5.41, 5.74) is 2.46. The second-order valence-corrected chi connectivity index (χ2v) is 4.95. The minimum Gasteiger partial charge on any atom is -0.299 e. The number of piperidine rings is 1. The van der Waals surface area contributed by atoms with Crippen LogP contribution in [-0.4, -0.2) is 23.5 Å². The Kier molecular flexibility index (Phi) is 2.81. The maximum absolute atomic E-state index is 4.56. The van der Waals surface area contributed by atoms with Gasteiger partial charge in [0.15, 0.2) is 0 Å². The molecule has 0 N–H and O–H groups in total. The highest BCUT2D eigenvalue weighted by Crippen LogP contribution is 2.30. The summed E-state index contributed by atoms with van der Waals surface area (Å²) in [4.78, 5) is 7.02. The number of rotatable bonds is 1. The number of fused-ring (bicyclic) bond motifs is 1. The molecular weight excluding hydrogens is 208 g/mol. The molecule has 1 fully saturated rings. The van der Waals surface area contributed by atoms with Crippen molar-refractivity contribution in [3.05, 3.63) is 42.1 Å². The van der Waals surface area contributed by atoms with E-state index in [-0.39, 0.29) is 0 Å². The Morgan fingerprint density at radius 3 is 3.00 bits per heavy atom. The van der Waals surface area contributed by atoms with Crippen LogP contribution in [0, 0.1) is 0 Å². The molecule has 88 valence electrons. The molecule has 1 aromatic carbocycles. The highest BCUT2D eigenvalue weighted by atomic mass is 15.1. The molecule has 1 atom stereocenters. The summed E-state index contributed by atoms with van der Waals surface area (Å²) in [6.45, 7) is 1.21. The molecule has 0 bridgehead atoms. The zero-order valence-electron chi connectivity index (χ0n) is 10.3. The zero-order valence-corrected chi connectivity index (χ0v) is 10.3.